The molecule has 0 fully saturated rings. The second kappa shape index (κ2) is 5.06. The molecular weight excluding hydrogens is 296 g/mol. The van der Waals surface area contributed by atoms with Crippen LogP contribution in [0.15, 0.2) is 40.5 Å². The fourth-order valence-electron chi connectivity index (χ4n) is 2.41. The maximum atomic E-state index is 5.33. The van der Waals surface area contributed by atoms with E-state index in [1.807, 2.05) is 28.4 Å². The summed E-state index contributed by atoms with van der Waals surface area (Å²) >= 11 is 1.59. The quantitative estimate of drug-likeness (QED) is 0.577. The number of rotatable bonds is 3. The molecule has 0 saturated heterocycles. The first kappa shape index (κ1) is 13.2. The van der Waals surface area contributed by atoms with Gasteiger partial charge >= 0.3 is 0 Å². The predicted octanol–water partition coefficient (Wildman–Crippen LogP) is 3.81. The summed E-state index contributed by atoms with van der Waals surface area (Å²) in [5, 5.41) is 6.06. The molecule has 4 aromatic rings. The van der Waals surface area contributed by atoms with E-state index in [0.717, 1.165) is 15.9 Å². The van der Waals surface area contributed by atoms with Crippen LogP contribution in [0.1, 0.15) is 17.0 Å². The molecule has 0 atom stereocenters. The van der Waals surface area contributed by atoms with Gasteiger partial charge < -0.3 is 9.09 Å². The van der Waals surface area contributed by atoms with Gasteiger partial charge in [-0.05, 0) is 48.6 Å². The first-order valence-corrected chi connectivity index (χ1v) is 7.87. The highest BCUT2D eigenvalue weighted by Crippen LogP contribution is 2.23. The summed E-state index contributed by atoms with van der Waals surface area (Å²) in [6, 6.07) is 8.20. The van der Waals surface area contributed by atoms with E-state index in [4.69, 9.17) is 4.52 Å². The van der Waals surface area contributed by atoms with Gasteiger partial charge in [0.15, 0.2) is 5.82 Å². The van der Waals surface area contributed by atoms with E-state index in [-0.39, 0.29) is 0 Å². The molecule has 0 bridgehead atoms. The van der Waals surface area contributed by atoms with Gasteiger partial charge in [0.1, 0.15) is 0 Å². The van der Waals surface area contributed by atoms with Crippen LogP contribution in [-0.2, 0) is 6.54 Å². The number of benzene rings is 1. The number of aromatic nitrogens is 4. The predicted molar refractivity (Wildman–Crippen MR) is 85.9 cm³/mol. The van der Waals surface area contributed by atoms with E-state index in [2.05, 4.69) is 41.1 Å². The Balaban J connectivity index is 1.68. The monoisotopic (exact) mass is 310 g/mol. The van der Waals surface area contributed by atoms with Crippen molar-refractivity contribution in [1.29, 1.82) is 0 Å². The SMILES string of the molecule is Cc1cc2ncn(Cc3noc(-c4cccs4)n3)c2cc1C. The Kier molecular flexibility index (Phi) is 3.04. The van der Waals surface area contributed by atoms with Crippen molar-refractivity contribution in [3.8, 4) is 10.8 Å². The first-order valence-electron chi connectivity index (χ1n) is 6.99. The van der Waals surface area contributed by atoms with Crippen LogP contribution in [0, 0.1) is 13.8 Å². The minimum Gasteiger partial charge on any atom is -0.333 e. The lowest BCUT2D eigenvalue weighted by molar-refractivity contribution is 0.421. The third kappa shape index (κ3) is 2.21. The maximum Gasteiger partial charge on any atom is 0.268 e. The Bertz CT molecular complexity index is 937. The molecular formula is C16H14N4OS. The zero-order valence-electron chi connectivity index (χ0n) is 12.3. The molecule has 3 aromatic heterocycles. The summed E-state index contributed by atoms with van der Waals surface area (Å²) in [5.74, 6) is 1.22. The molecule has 0 N–H and O–H groups in total. The molecule has 0 amide bonds. The number of imidazole rings is 1. The summed E-state index contributed by atoms with van der Waals surface area (Å²) in [7, 11) is 0. The van der Waals surface area contributed by atoms with Crippen LogP contribution in [-0.4, -0.2) is 19.7 Å². The Morgan fingerprint density at radius 1 is 1.23 bits per heavy atom. The standard InChI is InChI=1S/C16H14N4OS/c1-10-6-12-13(7-11(10)2)20(9-17-12)8-15-18-16(21-19-15)14-4-3-5-22-14/h3-7,9H,8H2,1-2H3. The van der Waals surface area contributed by atoms with Crippen molar-refractivity contribution in [2.45, 2.75) is 20.4 Å². The topological polar surface area (TPSA) is 56.7 Å². The third-order valence-corrected chi connectivity index (χ3v) is 4.61. The number of thiophene rings is 1. The van der Waals surface area contributed by atoms with E-state index in [9.17, 15) is 0 Å². The van der Waals surface area contributed by atoms with Gasteiger partial charge in [-0.15, -0.1) is 11.3 Å². The van der Waals surface area contributed by atoms with Crippen molar-refractivity contribution in [2.75, 3.05) is 0 Å². The largest absolute Gasteiger partial charge is 0.333 e. The normalized spacial score (nSPS) is 11.4. The van der Waals surface area contributed by atoms with Crippen LogP contribution in [0.5, 0.6) is 0 Å². The molecule has 0 radical (unpaired) electrons. The van der Waals surface area contributed by atoms with Crippen molar-refractivity contribution >= 4 is 22.4 Å². The second-order valence-electron chi connectivity index (χ2n) is 5.29. The summed E-state index contributed by atoms with van der Waals surface area (Å²) in [6.45, 7) is 4.75. The summed E-state index contributed by atoms with van der Waals surface area (Å²) in [6.07, 6.45) is 1.82. The van der Waals surface area contributed by atoms with Crippen LogP contribution in [0.25, 0.3) is 21.8 Å². The molecule has 0 saturated carbocycles. The number of aryl methyl sites for hydroxylation is 2. The lowest BCUT2D eigenvalue weighted by atomic mass is 10.1. The molecule has 6 heteroatoms. The molecule has 5 nitrogen and oxygen atoms in total. The average molecular weight is 310 g/mol. The minimum absolute atomic E-state index is 0.549. The Labute approximate surface area is 131 Å². The van der Waals surface area contributed by atoms with Crippen molar-refractivity contribution in [3.63, 3.8) is 0 Å². The van der Waals surface area contributed by atoms with E-state index >= 15 is 0 Å². The Morgan fingerprint density at radius 2 is 2.09 bits per heavy atom. The number of hydrogen-bond acceptors (Lipinski definition) is 5. The van der Waals surface area contributed by atoms with Crippen LogP contribution >= 0.6 is 11.3 Å². The summed E-state index contributed by atoms with van der Waals surface area (Å²) in [4.78, 5) is 9.90. The number of fused-ring (bicyclic) bond motifs is 1. The van der Waals surface area contributed by atoms with Gasteiger partial charge in [0.05, 0.1) is 28.8 Å². The zero-order valence-corrected chi connectivity index (χ0v) is 13.1. The highest BCUT2D eigenvalue weighted by atomic mass is 32.1. The van der Waals surface area contributed by atoms with Gasteiger partial charge in [-0.3, -0.25) is 0 Å². The van der Waals surface area contributed by atoms with Crippen molar-refractivity contribution < 1.29 is 4.52 Å². The average Bonchev–Trinajstić information content (AvgIpc) is 3.22. The molecule has 0 unspecified atom stereocenters. The van der Waals surface area contributed by atoms with Gasteiger partial charge in [-0.25, -0.2) is 4.98 Å². The van der Waals surface area contributed by atoms with Crippen molar-refractivity contribution in [2.24, 2.45) is 0 Å². The fourth-order valence-corrected chi connectivity index (χ4v) is 3.05. The van der Waals surface area contributed by atoms with E-state index < -0.39 is 0 Å². The molecule has 4 rings (SSSR count). The van der Waals surface area contributed by atoms with Crippen LogP contribution in [0.3, 0.4) is 0 Å². The summed E-state index contributed by atoms with van der Waals surface area (Å²) < 4.78 is 7.37. The van der Waals surface area contributed by atoms with Gasteiger partial charge in [0.25, 0.3) is 5.89 Å². The van der Waals surface area contributed by atoms with Crippen LogP contribution < -0.4 is 0 Å². The van der Waals surface area contributed by atoms with E-state index in [1.165, 1.54) is 11.1 Å². The fraction of sp³-hybridized carbons (Fsp3) is 0.188. The van der Waals surface area contributed by atoms with Gasteiger partial charge in [-0.1, -0.05) is 11.2 Å². The lowest BCUT2D eigenvalue weighted by Crippen LogP contribution is -2.00. The molecule has 3 heterocycles. The second-order valence-corrected chi connectivity index (χ2v) is 6.24. The van der Waals surface area contributed by atoms with Gasteiger partial charge in [-0.2, -0.15) is 4.98 Å². The minimum atomic E-state index is 0.549. The van der Waals surface area contributed by atoms with Crippen molar-refractivity contribution in [3.05, 3.63) is 52.9 Å². The Morgan fingerprint density at radius 3 is 2.91 bits per heavy atom. The molecule has 0 aliphatic carbocycles. The zero-order chi connectivity index (χ0) is 15.1. The highest BCUT2D eigenvalue weighted by Gasteiger charge is 2.12. The Hall–Kier alpha value is -2.47. The van der Waals surface area contributed by atoms with E-state index in [0.29, 0.717) is 18.3 Å². The smallest absolute Gasteiger partial charge is 0.268 e. The maximum absolute atomic E-state index is 5.33. The highest BCUT2D eigenvalue weighted by molar-refractivity contribution is 7.13. The number of hydrogen-bond donors (Lipinski definition) is 0. The van der Waals surface area contributed by atoms with Gasteiger partial charge in [0.2, 0.25) is 0 Å². The third-order valence-electron chi connectivity index (χ3n) is 3.75. The van der Waals surface area contributed by atoms with E-state index in [1.54, 1.807) is 11.3 Å². The lowest BCUT2D eigenvalue weighted by Gasteiger charge is -2.03. The van der Waals surface area contributed by atoms with Crippen molar-refractivity contribution in [1.82, 2.24) is 19.7 Å². The summed E-state index contributed by atoms with van der Waals surface area (Å²) in [5.41, 5.74) is 4.58. The molecule has 0 aliphatic rings. The molecule has 1 aromatic carbocycles. The van der Waals surface area contributed by atoms with Crippen LogP contribution in [0.4, 0.5) is 0 Å². The van der Waals surface area contributed by atoms with Crippen LogP contribution in [0.2, 0.25) is 0 Å². The first-order chi connectivity index (χ1) is 10.7. The molecule has 110 valence electrons. The molecule has 22 heavy (non-hydrogen) atoms. The van der Waals surface area contributed by atoms with Gasteiger partial charge in [0, 0.05) is 0 Å². The number of nitrogens with zero attached hydrogens (tertiary/aromatic N) is 4. The molecule has 0 spiro atoms. The molecule has 0 aliphatic heterocycles.